The van der Waals surface area contributed by atoms with Gasteiger partial charge in [0, 0.05) is 35.7 Å². The second-order valence-corrected chi connectivity index (χ2v) is 11.2. The molecule has 0 saturated carbocycles. The summed E-state index contributed by atoms with van der Waals surface area (Å²) in [6.07, 6.45) is 1.98. The van der Waals surface area contributed by atoms with Gasteiger partial charge in [-0.25, -0.2) is 8.78 Å². The van der Waals surface area contributed by atoms with Gasteiger partial charge >= 0.3 is 0 Å². The molecule has 0 aliphatic rings. The lowest BCUT2D eigenvalue weighted by Crippen LogP contribution is -2.53. The van der Waals surface area contributed by atoms with Gasteiger partial charge in [-0.3, -0.25) is 14.4 Å². The third kappa shape index (κ3) is 18.5. The molecule has 3 amide bonds. The van der Waals surface area contributed by atoms with Crippen molar-refractivity contribution in [3.8, 4) is 0 Å². The molecule has 12 heteroatoms. The number of hydrogen-bond donors (Lipinski definition) is 6. The van der Waals surface area contributed by atoms with Gasteiger partial charge in [0.2, 0.25) is 11.8 Å². The zero-order chi connectivity index (χ0) is 34.4. The average Bonchev–Trinajstić information content (AvgIpc) is 3.00. The molecule has 0 fully saturated rings. The van der Waals surface area contributed by atoms with Crippen molar-refractivity contribution < 1.29 is 33.4 Å². The molecule has 2 rings (SSSR count). The number of halogens is 2. The lowest BCUT2D eigenvalue weighted by Gasteiger charge is -2.26. The quantitative estimate of drug-likeness (QED) is 0.0961. The number of benzene rings is 2. The number of allylic oxidation sites excluding steroid dienone is 1. The Balaban J connectivity index is 0.00000123. The van der Waals surface area contributed by atoms with Crippen LogP contribution in [0.25, 0.3) is 0 Å². The molecular weight excluding hydrogens is 602 g/mol. The largest absolute Gasteiger partial charge is 0.388 e. The molecule has 0 aromatic heterocycles. The van der Waals surface area contributed by atoms with Gasteiger partial charge in [0.15, 0.2) is 0 Å². The number of thioether (sulfide) groups is 1. The predicted molar refractivity (Wildman–Crippen MR) is 177 cm³/mol. The molecule has 0 aliphatic heterocycles. The third-order valence-corrected chi connectivity index (χ3v) is 6.99. The SMILES string of the molecule is C=C(C)C(=O)NC(CSCCCC)C(=O)NCC(O)C(O)C(C)NC(=O)c1ccccc1.C=CC=N.Cc1cc(F)cc(F)c1. The first-order valence-corrected chi connectivity index (χ1v) is 15.5. The molecule has 4 atom stereocenters. The highest BCUT2D eigenvalue weighted by Crippen LogP contribution is 2.09. The molecule has 0 radical (unpaired) electrons. The number of rotatable bonds is 15. The molecule has 2 aromatic carbocycles. The van der Waals surface area contributed by atoms with Gasteiger partial charge in [-0.15, -0.1) is 0 Å². The lowest BCUT2D eigenvalue weighted by atomic mass is 10.1. The molecule has 0 aliphatic carbocycles. The van der Waals surface area contributed by atoms with Gasteiger partial charge in [0.25, 0.3) is 5.91 Å². The number of nitrogens with one attached hydrogen (secondary N) is 4. The highest BCUT2D eigenvalue weighted by atomic mass is 32.2. The van der Waals surface area contributed by atoms with Crippen LogP contribution in [0, 0.1) is 24.0 Å². The van der Waals surface area contributed by atoms with Gasteiger partial charge < -0.3 is 31.6 Å². The van der Waals surface area contributed by atoms with Crippen LogP contribution in [0.1, 0.15) is 49.5 Å². The van der Waals surface area contributed by atoms with E-state index in [0.717, 1.165) is 30.9 Å². The van der Waals surface area contributed by atoms with Crippen molar-refractivity contribution in [2.45, 2.75) is 64.8 Å². The van der Waals surface area contributed by atoms with E-state index in [9.17, 15) is 33.4 Å². The summed E-state index contributed by atoms with van der Waals surface area (Å²) in [5.41, 5.74) is 1.33. The number of aliphatic hydroxyl groups excluding tert-OH is 2. The van der Waals surface area contributed by atoms with Gasteiger partial charge in [-0.1, -0.05) is 50.8 Å². The van der Waals surface area contributed by atoms with Crippen molar-refractivity contribution in [2.24, 2.45) is 0 Å². The number of amides is 3. The van der Waals surface area contributed by atoms with Crippen LogP contribution in [0.15, 0.2) is 73.3 Å². The molecule has 45 heavy (non-hydrogen) atoms. The van der Waals surface area contributed by atoms with E-state index in [-0.39, 0.29) is 12.5 Å². The first kappa shape index (κ1) is 41.1. The second-order valence-electron chi connectivity index (χ2n) is 10.0. The molecule has 0 bridgehead atoms. The molecule has 4 unspecified atom stereocenters. The number of unbranched alkanes of at least 4 members (excludes halogenated alkanes) is 1. The summed E-state index contributed by atoms with van der Waals surface area (Å²) in [7, 11) is 0. The van der Waals surface area contributed by atoms with Crippen LogP contribution in [0.4, 0.5) is 8.78 Å². The number of hydrogen-bond acceptors (Lipinski definition) is 7. The standard InChI is InChI=1S/C23H35N3O5S.C7H6F2.C3H5N/c1-5-6-12-32-14-18(26-21(29)15(2)3)23(31)24-13-19(27)20(28)16(4)25-22(30)17-10-8-7-9-11-17;1-5-2-6(8)4-7(9)3-5;1-2-3-4/h7-11,16,18-20,27-28H,2,5-6,12-14H2,1,3-4H3,(H,24,31)(H,25,30)(H,26,29);2-4H,1H3;2-4H,1H2. The molecule has 248 valence electrons. The van der Waals surface area contributed by atoms with Crippen LogP contribution in [0.3, 0.4) is 0 Å². The smallest absolute Gasteiger partial charge is 0.251 e. The summed E-state index contributed by atoms with van der Waals surface area (Å²) < 4.78 is 24.4. The Morgan fingerprint density at radius 2 is 1.64 bits per heavy atom. The van der Waals surface area contributed by atoms with E-state index < -0.39 is 47.7 Å². The molecule has 9 nitrogen and oxygen atoms in total. The molecule has 0 saturated heterocycles. The van der Waals surface area contributed by atoms with Gasteiger partial charge in [-0.05, 0) is 62.8 Å². The van der Waals surface area contributed by atoms with E-state index in [1.807, 2.05) is 0 Å². The van der Waals surface area contributed by atoms with E-state index in [1.54, 1.807) is 62.9 Å². The Morgan fingerprint density at radius 3 is 2.13 bits per heavy atom. The van der Waals surface area contributed by atoms with Crippen molar-refractivity contribution >= 4 is 35.7 Å². The zero-order valence-corrected chi connectivity index (χ0v) is 27.1. The molecule has 0 spiro atoms. The predicted octanol–water partition coefficient (Wildman–Crippen LogP) is 4.33. The number of aryl methyl sites for hydroxylation is 1. The van der Waals surface area contributed by atoms with Gasteiger partial charge in [0.1, 0.15) is 23.8 Å². The zero-order valence-electron chi connectivity index (χ0n) is 26.3. The second kappa shape index (κ2) is 23.5. The minimum absolute atomic E-state index is 0.232. The minimum Gasteiger partial charge on any atom is -0.388 e. The van der Waals surface area contributed by atoms with E-state index in [2.05, 4.69) is 36.0 Å². The topological polar surface area (TPSA) is 152 Å². The number of aliphatic hydroxyl groups is 2. The highest BCUT2D eigenvalue weighted by Gasteiger charge is 2.27. The Kier molecular flexibility index (Phi) is 21.5. The Bertz CT molecular complexity index is 1180. The Hall–Kier alpha value is -3.87. The molecule has 0 heterocycles. The first-order valence-electron chi connectivity index (χ1n) is 14.3. The van der Waals surface area contributed by atoms with E-state index in [0.29, 0.717) is 22.5 Å². The van der Waals surface area contributed by atoms with Crippen molar-refractivity contribution in [2.75, 3.05) is 18.1 Å². The van der Waals surface area contributed by atoms with Crippen LogP contribution in [-0.4, -0.2) is 76.5 Å². The van der Waals surface area contributed by atoms with Crippen molar-refractivity contribution in [1.29, 1.82) is 5.41 Å². The van der Waals surface area contributed by atoms with E-state index >= 15 is 0 Å². The summed E-state index contributed by atoms with van der Waals surface area (Å²) in [6.45, 7) is 13.4. The highest BCUT2D eigenvalue weighted by molar-refractivity contribution is 7.99. The fourth-order valence-electron chi connectivity index (χ4n) is 3.35. The van der Waals surface area contributed by atoms with Crippen LogP contribution in [-0.2, 0) is 9.59 Å². The average molecular weight is 649 g/mol. The summed E-state index contributed by atoms with van der Waals surface area (Å²) in [6, 6.07) is 10.4. The van der Waals surface area contributed by atoms with Crippen LogP contribution in [0.5, 0.6) is 0 Å². The summed E-state index contributed by atoms with van der Waals surface area (Å²) in [5.74, 6) is -1.05. The maximum Gasteiger partial charge on any atom is 0.251 e. The third-order valence-electron chi connectivity index (χ3n) is 5.85. The van der Waals surface area contributed by atoms with Crippen LogP contribution >= 0.6 is 11.8 Å². The molecular formula is C33H46F2N4O5S. The van der Waals surface area contributed by atoms with Crippen molar-refractivity contribution in [1.82, 2.24) is 16.0 Å². The fourth-order valence-corrected chi connectivity index (χ4v) is 4.48. The maximum absolute atomic E-state index is 12.6. The molecule has 6 N–H and O–H groups in total. The van der Waals surface area contributed by atoms with Crippen molar-refractivity contribution in [3.63, 3.8) is 0 Å². The number of carbonyl (C=O) groups excluding carboxylic acids is 3. The number of carbonyl (C=O) groups is 3. The summed E-state index contributed by atoms with van der Waals surface area (Å²) in [4.78, 5) is 36.8. The monoisotopic (exact) mass is 648 g/mol. The lowest BCUT2D eigenvalue weighted by molar-refractivity contribution is -0.127. The summed E-state index contributed by atoms with van der Waals surface area (Å²) in [5, 5.41) is 34.7. The van der Waals surface area contributed by atoms with Gasteiger partial charge in [0.05, 0.1) is 12.1 Å². The molecule has 2 aromatic rings. The normalized spacial score (nSPS) is 12.7. The fraction of sp³-hybridized carbons (Fsp3) is 0.394. The summed E-state index contributed by atoms with van der Waals surface area (Å²) >= 11 is 1.55. The van der Waals surface area contributed by atoms with Crippen molar-refractivity contribution in [3.05, 3.63) is 96.1 Å². The minimum atomic E-state index is -1.31. The van der Waals surface area contributed by atoms with E-state index in [4.69, 9.17) is 5.41 Å². The van der Waals surface area contributed by atoms with Gasteiger partial charge in [-0.2, -0.15) is 11.8 Å². The Morgan fingerprint density at radius 1 is 1.07 bits per heavy atom. The van der Waals surface area contributed by atoms with Crippen LogP contribution in [0.2, 0.25) is 0 Å². The Labute approximate surface area is 269 Å². The van der Waals surface area contributed by atoms with Crippen LogP contribution < -0.4 is 16.0 Å². The maximum atomic E-state index is 12.6. The van der Waals surface area contributed by atoms with E-state index in [1.165, 1.54) is 18.2 Å². The first-order chi connectivity index (χ1) is 21.3.